The number of anilines is 2. The molecule has 1 heterocycles. The number of para-hydroxylation sites is 1. The number of aromatic nitrogens is 2. The number of nitrogens with one attached hydrogen (secondary N) is 1. The summed E-state index contributed by atoms with van der Waals surface area (Å²) in [7, 11) is 0. The van der Waals surface area contributed by atoms with E-state index in [4.69, 9.17) is 10.5 Å². The van der Waals surface area contributed by atoms with Gasteiger partial charge in [-0.3, -0.25) is 19.1 Å². The molecule has 0 fully saturated rings. The highest BCUT2D eigenvalue weighted by atomic mass is 16.5. The molecule has 0 bridgehead atoms. The molecule has 0 aliphatic rings. The number of aromatic amines is 1. The summed E-state index contributed by atoms with van der Waals surface area (Å²) in [6.07, 6.45) is 0.740. The number of unbranched alkanes of at least 4 members (excludes halogenated alkanes) is 1. The Labute approximate surface area is 170 Å². The topological polar surface area (TPSA) is 110 Å². The molecule has 158 valence electrons. The molecule has 1 atom stereocenters. The molecule has 8 nitrogen and oxygen atoms in total. The van der Waals surface area contributed by atoms with Gasteiger partial charge in [0.25, 0.3) is 11.5 Å². The van der Waals surface area contributed by atoms with Gasteiger partial charge in [0.05, 0.1) is 0 Å². The minimum atomic E-state index is -0.842. The third-order valence-corrected chi connectivity index (χ3v) is 4.44. The molecule has 0 saturated carbocycles. The standard InChI is InChI=1S/C21H30N4O4/c1-5-6-12-24-18(22)17(19(26)23-21(24)28)25(13-14(2)3)20(27)15(4)29-16-10-8-7-9-11-16/h7-11,14-15H,5-6,12-13,22H2,1-4H3,(H,23,26,28). The molecular weight excluding hydrogens is 372 g/mol. The molecule has 0 aliphatic heterocycles. The number of ether oxygens (including phenoxy) is 1. The summed E-state index contributed by atoms with van der Waals surface area (Å²) in [5, 5.41) is 0. The summed E-state index contributed by atoms with van der Waals surface area (Å²) in [5.41, 5.74) is 4.94. The summed E-state index contributed by atoms with van der Waals surface area (Å²) in [6.45, 7) is 8.11. The smallest absolute Gasteiger partial charge is 0.330 e. The fourth-order valence-electron chi connectivity index (χ4n) is 3.01. The third kappa shape index (κ3) is 5.49. The number of hydrogen-bond acceptors (Lipinski definition) is 5. The number of rotatable bonds is 9. The first-order valence-electron chi connectivity index (χ1n) is 9.91. The van der Waals surface area contributed by atoms with Gasteiger partial charge in [0.1, 0.15) is 11.6 Å². The van der Waals surface area contributed by atoms with Gasteiger partial charge in [-0.2, -0.15) is 0 Å². The fraction of sp³-hybridized carbons (Fsp3) is 0.476. The molecule has 1 unspecified atom stereocenters. The van der Waals surface area contributed by atoms with Crippen molar-refractivity contribution in [1.29, 1.82) is 0 Å². The van der Waals surface area contributed by atoms with Crippen LogP contribution in [-0.2, 0) is 11.3 Å². The van der Waals surface area contributed by atoms with E-state index in [0.717, 1.165) is 12.8 Å². The number of H-pyrrole nitrogens is 1. The number of carbonyl (C=O) groups is 1. The SMILES string of the molecule is CCCCn1c(N)c(N(CC(C)C)C(=O)C(C)Oc2ccccc2)c(=O)[nH]c1=O. The Morgan fingerprint density at radius 3 is 2.45 bits per heavy atom. The van der Waals surface area contributed by atoms with Crippen LogP contribution in [0.25, 0.3) is 0 Å². The van der Waals surface area contributed by atoms with Gasteiger partial charge >= 0.3 is 5.69 Å². The summed E-state index contributed by atoms with van der Waals surface area (Å²) < 4.78 is 7.06. The number of nitrogens with zero attached hydrogens (tertiary/aromatic N) is 2. The zero-order valence-electron chi connectivity index (χ0n) is 17.5. The monoisotopic (exact) mass is 402 g/mol. The predicted octanol–water partition coefficient (Wildman–Crippen LogP) is 2.38. The van der Waals surface area contributed by atoms with E-state index in [-0.39, 0.29) is 24.0 Å². The van der Waals surface area contributed by atoms with Gasteiger partial charge in [0, 0.05) is 13.1 Å². The maximum Gasteiger partial charge on any atom is 0.330 e. The molecule has 0 saturated heterocycles. The van der Waals surface area contributed by atoms with Gasteiger partial charge in [0.15, 0.2) is 11.8 Å². The maximum atomic E-state index is 13.2. The van der Waals surface area contributed by atoms with Crippen molar-refractivity contribution >= 4 is 17.4 Å². The molecular formula is C21H30N4O4. The van der Waals surface area contributed by atoms with E-state index in [0.29, 0.717) is 12.3 Å². The van der Waals surface area contributed by atoms with Gasteiger partial charge < -0.3 is 15.4 Å². The highest BCUT2D eigenvalue weighted by molar-refractivity contribution is 5.98. The normalized spacial score (nSPS) is 12.0. The Hall–Kier alpha value is -3.03. The van der Waals surface area contributed by atoms with Gasteiger partial charge in [0.2, 0.25) is 0 Å². The van der Waals surface area contributed by atoms with Gasteiger partial charge in [-0.15, -0.1) is 0 Å². The lowest BCUT2D eigenvalue weighted by Gasteiger charge is -2.28. The molecule has 1 aromatic carbocycles. The van der Waals surface area contributed by atoms with Gasteiger partial charge in [-0.1, -0.05) is 45.4 Å². The zero-order chi connectivity index (χ0) is 21.6. The van der Waals surface area contributed by atoms with Crippen LogP contribution >= 0.6 is 0 Å². The molecule has 0 spiro atoms. The van der Waals surface area contributed by atoms with Crippen LogP contribution in [0.2, 0.25) is 0 Å². The van der Waals surface area contributed by atoms with Crippen molar-refractivity contribution in [3.8, 4) is 5.75 Å². The lowest BCUT2D eigenvalue weighted by atomic mass is 10.1. The average Bonchev–Trinajstić information content (AvgIpc) is 2.66. The minimum absolute atomic E-state index is 0.00638. The molecule has 3 N–H and O–H groups in total. The number of nitrogens with two attached hydrogens (primary N) is 1. The van der Waals surface area contributed by atoms with Crippen LogP contribution < -0.4 is 26.6 Å². The second kappa shape index (κ2) is 9.95. The van der Waals surface area contributed by atoms with Crippen LogP contribution in [0.4, 0.5) is 11.5 Å². The molecule has 2 aromatic rings. The predicted molar refractivity (Wildman–Crippen MR) is 114 cm³/mol. The molecule has 1 amide bonds. The lowest BCUT2D eigenvalue weighted by Crippen LogP contribution is -2.47. The van der Waals surface area contributed by atoms with E-state index in [9.17, 15) is 14.4 Å². The van der Waals surface area contributed by atoms with Crippen molar-refractivity contribution in [1.82, 2.24) is 9.55 Å². The highest BCUT2D eigenvalue weighted by Crippen LogP contribution is 2.21. The molecule has 8 heteroatoms. The van der Waals surface area contributed by atoms with E-state index in [1.807, 2.05) is 39.0 Å². The summed E-state index contributed by atoms with van der Waals surface area (Å²) in [5.74, 6) is 0.207. The highest BCUT2D eigenvalue weighted by Gasteiger charge is 2.29. The molecule has 2 rings (SSSR count). The largest absolute Gasteiger partial charge is 0.481 e. The molecule has 0 radical (unpaired) electrons. The third-order valence-electron chi connectivity index (χ3n) is 4.44. The van der Waals surface area contributed by atoms with Crippen molar-refractivity contribution in [2.24, 2.45) is 5.92 Å². The average molecular weight is 402 g/mol. The zero-order valence-corrected chi connectivity index (χ0v) is 17.5. The Morgan fingerprint density at radius 1 is 1.21 bits per heavy atom. The number of hydrogen-bond donors (Lipinski definition) is 2. The lowest BCUT2D eigenvalue weighted by molar-refractivity contribution is -0.124. The Kier molecular flexibility index (Phi) is 7.64. The van der Waals surface area contributed by atoms with E-state index < -0.39 is 23.3 Å². The molecule has 0 aliphatic carbocycles. The van der Waals surface area contributed by atoms with E-state index >= 15 is 0 Å². The second-order valence-electron chi connectivity index (χ2n) is 7.41. The molecule has 29 heavy (non-hydrogen) atoms. The van der Waals surface area contributed by atoms with Crippen molar-refractivity contribution in [3.63, 3.8) is 0 Å². The maximum absolute atomic E-state index is 13.2. The number of benzene rings is 1. The molecule has 1 aromatic heterocycles. The van der Waals surface area contributed by atoms with E-state index in [2.05, 4.69) is 4.98 Å². The van der Waals surface area contributed by atoms with Crippen molar-refractivity contribution in [3.05, 3.63) is 51.2 Å². The minimum Gasteiger partial charge on any atom is -0.481 e. The Morgan fingerprint density at radius 2 is 1.86 bits per heavy atom. The van der Waals surface area contributed by atoms with Gasteiger partial charge in [-0.05, 0) is 31.4 Å². The van der Waals surface area contributed by atoms with Crippen LogP contribution in [0.15, 0.2) is 39.9 Å². The fourth-order valence-corrected chi connectivity index (χ4v) is 3.01. The Balaban J connectivity index is 2.45. The summed E-state index contributed by atoms with van der Waals surface area (Å²) >= 11 is 0. The van der Waals surface area contributed by atoms with Crippen LogP contribution in [0.5, 0.6) is 5.75 Å². The first-order valence-corrected chi connectivity index (χ1v) is 9.91. The van der Waals surface area contributed by atoms with Crippen molar-refractivity contribution in [2.45, 2.75) is 53.2 Å². The quantitative estimate of drug-likeness (QED) is 0.669. The van der Waals surface area contributed by atoms with Gasteiger partial charge in [-0.25, -0.2) is 4.79 Å². The van der Waals surface area contributed by atoms with Crippen molar-refractivity contribution in [2.75, 3.05) is 17.2 Å². The second-order valence-corrected chi connectivity index (χ2v) is 7.41. The van der Waals surface area contributed by atoms with Crippen LogP contribution in [0, 0.1) is 5.92 Å². The van der Waals surface area contributed by atoms with Crippen molar-refractivity contribution < 1.29 is 9.53 Å². The summed E-state index contributed by atoms with van der Waals surface area (Å²) in [4.78, 5) is 41.6. The van der Waals surface area contributed by atoms with Crippen LogP contribution in [-0.4, -0.2) is 28.1 Å². The number of nitrogen functional groups attached to an aromatic ring is 1. The summed E-state index contributed by atoms with van der Waals surface area (Å²) in [6, 6.07) is 8.98. The number of carbonyl (C=O) groups excluding carboxylic acids is 1. The first-order chi connectivity index (χ1) is 13.8. The van der Waals surface area contributed by atoms with E-state index in [1.54, 1.807) is 19.1 Å². The Bertz CT molecular complexity index is 934. The van der Waals surface area contributed by atoms with E-state index in [1.165, 1.54) is 9.47 Å². The number of amides is 1. The van der Waals surface area contributed by atoms with Crippen LogP contribution in [0.1, 0.15) is 40.5 Å². The van der Waals surface area contributed by atoms with Crippen LogP contribution in [0.3, 0.4) is 0 Å². The first kappa shape index (κ1) is 22.3.